The van der Waals surface area contributed by atoms with Crippen LogP contribution in [0.25, 0.3) is 11.3 Å². The maximum absolute atomic E-state index is 6.11. The summed E-state index contributed by atoms with van der Waals surface area (Å²) >= 11 is 9.46. The standard InChI is InChI=1S/C11H10BrClN2O/c1-6(14)11-5-10(15-16-11)8-3-2-7(12)4-9(8)13/h2-6H,14H2,1H3. The predicted molar refractivity (Wildman–Crippen MR) is 67.3 cm³/mol. The van der Waals surface area contributed by atoms with E-state index in [0.29, 0.717) is 16.5 Å². The average Bonchev–Trinajstić information content (AvgIpc) is 2.66. The van der Waals surface area contributed by atoms with Crippen LogP contribution in [-0.2, 0) is 0 Å². The van der Waals surface area contributed by atoms with Crippen LogP contribution >= 0.6 is 27.5 Å². The van der Waals surface area contributed by atoms with Crippen molar-refractivity contribution in [2.75, 3.05) is 0 Å². The predicted octanol–water partition coefficient (Wildman–Crippen LogP) is 3.78. The molecule has 0 fully saturated rings. The molecule has 0 spiro atoms. The quantitative estimate of drug-likeness (QED) is 0.918. The smallest absolute Gasteiger partial charge is 0.153 e. The van der Waals surface area contributed by atoms with Crippen molar-refractivity contribution in [1.82, 2.24) is 5.16 Å². The van der Waals surface area contributed by atoms with Crippen molar-refractivity contribution in [2.24, 2.45) is 5.73 Å². The molecule has 1 aromatic carbocycles. The van der Waals surface area contributed by atoms with Crippen LogP contribution in [0.15, 0.2) is 33.3 Å². The Hall–Kier alpha value is -0.840. The minimum absolute atomic E-state index is 0.171. The number of aromatic nitrogens is 1. The van der Waals surface area contributed by atoms with Gasteiger partial charge in [0.1, 0.15) is 5.69 Å². The van der Waals surface area contributed by atoms with E-state index in [-0.39, 0.29) is 6.04 Å². The lowest BCUT2D eigenvalue weighted by molar-refractivity contribution is 0.369. The fourth-order valence-corrected chi connectivity index (χ4v) is 2.10. The van der Waals surface area contributed by atoms with E-state index >= 15 is 0 Å². The van der Waals surface area contributed by atoms with Gasteiger partial charge in [0.05, 0.1) is 11.1 Å². The van der Waals surface area contributed by atoms with Crippen molar-refractivity contribution in [1.29, 1.82) is 0 Å². The second-order valence-electron chi connectivity index (χ2n) is 3.53. The number of nitrogens with two attached hydrogens (primary N) is 1. The molecule has 5 heteroatoms. The van der Waals surface area contributed by atoms with Gasteiger partial charge in [0.15, 0.2) is 5.76 Å². The highest BCUT2D eigenvalue weighted by atomic mass is 79.9. The highest BCUT2D eigenvalue weighted by molar-refractivity contribution is 9.10. The molecule has 0 saturated heterocycles. The molecule has 2 aromatic rings. The maximum Gasteiger partial charge on any atom is 0.153 e. The summed E-state index contributed by atoms with van der Waals surface area (Å²) in [6.45, 7) is 1.84. The second-order valence-corrected chi connectivity index (χ2v) is 4.85. The summed E-state index contributed by atoms with van der Waals surface area (Å²) in [6.07, 6.45) is 0. The lowest BCUT2D eigenvalue weighted by atomic mass is 10.1. The second kappa shape index (κ2) is 4.57. The zero-order valence-electron chi connectivity index (χ0n) is 8.58. The number of hydrogen-bond donors (Lipinski definition) is 1. The zero-order chi connectivity index (χ0) is 11.7. The Morgan fingerprint density at radius 2 is 2.19 bits per heavy atom. The third kappa shape index (κ3) is 2.29. The molecule has 0 aliphatic heterocycles. The number of rotatable bonds is 2. The van der Waals surface area contributed by atoms with Crippen molar-refractivity contribution < 1.29 is 4.52 Å². The first-order valence-electron chi connectivity index (χ1n) is 4.75. The summed E-state index contributed by atoms with van der Waals surface area (Å²) in [6, 6.07) is 7.24. The molecule has 0 aliphatic carbocycles. The van der Waals surface area contributed by atoms with Crippen LogP contribution in [-0.4, -0.2) is 5.16 Å². The number of benzene rings is 1. The Labute approximate surface area is 107 Å². The molecule has 1 atom stereocenters. The molecule has 1 unspecified atom stereocenters. The van der Waals surface area contributed by atoms with Gasteiger partial charge < -0.3 is 10.3 Å². The molecule has 16 heavy (non-hydrogen) atoms. The Balaban J connectivity index is 2.42. The zero-order valence-corrected chi connectivity index (χ0v) is 10.9. The van der Waals surface area contributed by atoms with E-state index in [1.807, 2.05) is 25.1 Å². The summed E-state index contributed by atoms with van der Waals surface area (Å²) < 4.78 is 6.05. The maximum atomic E-state index is 6.11. The van der Waals surface area contributed by atoms with Gasteiger partial charge in [-0.2, -0.15) is 0 Å². The minimum atomic E-state index is -0.171. The largest absolute Gasteiger partial charge is 0.359 e. The van der Waals surface area contributed by atoms with Crippen LogP contribution in [0.3, 0.4) is 0 Å². The number of halogens is 2. The summed E-state index contributed by atoms with van der Waals surface area (Å²) in [5.41, 5.74) is 7.23. The van der Waals surface area contributed by atoms with Gasteiger partial charge in [-0.1, -0.05) is 38.8 Å². The Morgan fingerprint density at radius 1 is 1.44 bits per heavy atom. The summed E-state index contributed by atoms with van der Waals surface area (Å²) in [5.74, 6) is 0.647. The van der Waals surface area contributed by atoms with E-state index in [0.717, 1.165) is 10.0 Å². The topological polar surface area (TPSA) is 52.0 Å². The van der Waals surface area contributed by atoms with E-state index in [1.165, 1.54) is 0 Å². The van der Waals surface area contributed by atoms with Gasteiger partial charge in [0.2, 0.25) is 0 Å². The van der Waals surface area contributed by atoms with Crippen LogP contribution in [0.5, 0.6) is 0 Å². The Morgan fingerprint density at radius 3 is 2.75 bits per heavy atom. The highest BCUT2D eigenvalue weighted by Crippen LogP contribution is 2.30. The number of nitrogens with zero attached hydrogens (tertiary/aromatic N) is 1. The molecule has 1 heterocycles. The lowest BCUT2D eigenvalue weighted by Crippen LogP contribution is -2.02. The molecule has 0 aliphatic rings. The average molecular weight is 302 g/mol. The summed E-state index contributed by atoms with van der Waals surface area (Å²) in [4.78, 5) is 0. The molecule has 0 bridgehead atoms. The van der Waals surface area contributed by atoms with Crippen molar-refractivity contribution in [3.05, 3.63) is 39.5 Å². The van der Waals surface area contributed by atoms with Crippen LogP contribution in [0.1, 0.15) is 18.7 Å². The van der Waals surface area contributed by atoms with E-state index in [1.54, 1.807) is 6.07 Å². The van der Waals surface area contributed by atoms with Crippen molar-refractivity contribution in [3.8, 4) is 11.3 Å². The molecule has 0 amide bonds. The van der Waals surface area contributed by atoms with Crippen molar-refractivity contribution >= 4 is 27.5 Å². The number of hydrogen-bond acceptors (Lipinski definition) is 3. The van der Waals surface area contributed by atoms with E-state index < -0.39 is 0 Å². The van der Waals surface area contributed by atoms with E-state index in [4.69, 9.17) is 21.9 Å². The van der Waals surface area contributed by atoms with Gasteiger partial charge in [-0.25, -0.2) is 0 Å². The monoisotopic (exact) mass is 300 g/mol. The van der Waals surface area contributed by atoms with Crippen LogP contribution in [0.4, 0.5) is 0 Å². The van der Waals surface area contributed by atoms with Crippen LogP contribution in [0.2, 0.25) is 5.02 Å². The molecule has 2 N–H and O–H groups in total. The summed E-state index contributed by atoms with van der Waals surface area (Å²) in [7, 11) is 0. The minimum Gasteiger partial charge on any atom is -0.359 e. The van der Waals surface area contributed by atoms with E-state index in [2.05, 4.69) is 21.1 Å². The first-order valence-corrected chi connectivity index (χ1v) is 5.92. The fraction of sp³-hybridized carbons (Fsp3) is 0.182. The fourth-order valence-electron chi connectivity index (χ4n) is 1.33. The first-order chi connectivity index (χ1) is 7.58. The van der Waals surface area contributed by atoms with Crippen LogP contribution < -0.4 is 5.73 Å². The van der Waals surface area contributed by atoms with Gasteiger partial charge in [0, 0.05) is 16.1 Å². The third-order valence-corrected chi connectivity index (χ3v) is 2.99. The third-order valence-electron chi connectivity index (χ3n) is 2.18. The van der Waals surface area contributed by atoms with Gasteiger partial charge in [-0.15, -0.1) is 0 Å². The van der Waals surface area contributed by atoms with Crippen LogP contribution in [0, 0.1) is 0 Å². The van der Waals surface area contributed by atoms with Gasteiger partial charge >= 0.3 is 0 Å². The van der Waals surface area contributed by atoms with E-state index in [9.17, 15) is 0 Å². The Bertz CT molecular complexity index is 510. The van der Waals surface area contributed by atoms with Gasteiger partial charge in [-0.3, -0.25) is 0 Å². The van der Waals surface area contributed by atoms with Gasteiger partial charge in [-0.05, 0) is 19.1 Å². The molecular formula is C11H10BrClN2O. The normalized spacial score (nSPS) is 12.8. The molecule has 84 valence electrons. The van der Waals surface area contributed by atoms with Gasteiger partial charge in [0.25, 0.3) is 0 Å². The van der Waals surface area contributed by atoms with Crippen molar-refractivity contribution in [2.45, 2.75) is 13.0 Å². The highest BCUT2D eigenvalue weighted by Gasteiger charge is 2.12. The molecule has 2 rings (SSSR count). The lowest BCUT2D eigenvalue weighted by Gasteiger charge is -1.99. The molecule has 0 radical (unpaired) electrons. The molecule has 0 saturated carbocycles. The summed E-state index contributed by atoms with van der Waals surface area (Å²) in [5, 5.41) is 4.57. The molecular weight excluding hydrogens is 291 g/mol. The Kier molecular flexibility index (Phi) is 3.33. The molecule has 1 aromatic heterocycles. The van der Waals surface area contributed by atoms with Crippen molar-refractivity contribution in [3.63, 3.8) is 0 Å². The first kappa shape index (κ1) is 11.6. The molecule has 3 nitrogen and oxygen atoms in total. The SMILES string of the molecule is CC(N)c1cc(-c2ccc(Br)cc2Cl)no1.